The maximum Gasteiger partial charge on any atom is 0.0594 e. The second-order valence-electron chi connectivity index (χ2n) is 4.46. The highest BCUT2D eigenvalue weighted by Gasteiger charge is 2.30. The number of benzene rings is 1. The first kappa shape index (κ1) is 10.7. The molecule has 1 aliphatic heterocycles. The average Bonchev–Trinajstić information content (AvgIpc) is 2.65. The SMILES string of the molecule is Cc1ccc(C(N)C2CCOC2C)cc1. The Kier molecular flexibility index (Phi) is 3.08. The van der Waals surface area contributed by atoms with E-state index in [2.05, 4.69) is 38.1 Å². The molecule has 1 aromatic rings. The van der Waals surface area contributed by atoms with E-state index >= 15 is 0 Å². The molecule has 1 aromatic carbocycles. The van der Waals surface area contributed by atoms with Gasteiger partial charge in [-0.2, -0.15) is 0 Å². The lowest BCUT2D eigenvalue weighted by Gasteiger charge is -2.22. The summed E-state index contributed by atoms with van der Waals surface area (Å²) >= 11 is 0. The summed E-state index contributed by atoms with van der Waals surface area (Å²) in [6, 6.07) is 8.62. The summed E-state index contributed by atoms with van der Waals surface area (Å²) in [4.78, 5) is 0. The molecule has 0 aliphatic carbocycles. The van der Waals surface area contributed by atoms with E-state index in [1.807, 2.05) is 0 Å². The molecule has 15 heavy (non-hydrogen) atoms. The molecule has 3 unspecified atom stereocenters. The summed E-state index contributed by atoms with van der Waals surface area (Å²) in [5.74, 6) is 0.465. The van der Waals surface area contributed by atoms with Crippen molar-refractivity contribution >= 4 is 0 Å². The lowest BCUT2D eigenvalue weighted by Crippen LogP contribution is -2.26. The number of ether oxygens (including phenoxy) is 1. The fourth-order valence-corrected chi connectivity index (χ4v) is 2.26. The van der Waals surface area contributed by atoms with Crippen LogP contribution in [-0.4, -0.2) is 12.7 Å². The zero-order valence-corrected chi connectivity index (χ0v) is 9.44. The van der Waals surface area contributed by atoms with Crippen molar-refractivity contribution in [1.29, 1.82) is 0 Å². The Morgan fingerprint density at radius 3 is 2.53 bits per heavy atom. The molecule has 0 spiro atoms. The highest BCUT2D eigenvalue weighted by Crippen LogP contribution is 2.31. The predicted molar refractivity (Wildman–Crippen MR) is 61.6 cm³/mol. The van der Waals surface area contributed by atoms with Crippen molar-refractivity contribution in [2.75, 3.05) is 6.61 Å². The highest BCUT2D eigenvalue weighted by atomic mass is 16.5. The minimum absolute atomic E-state index is 0.114. The topological polar surface area (TPSA) is 35.2 Å². The maximum atomic E-state index is 6.26. The van der Waals surface area contributed by atoms with Crippen molar-refractivity contribution in [2.45, 2.75) is 32.4 Å². The summed E-state index contributed by atoms with van der Waals surface area (Å²) in [5, 5.41) is 0. The fraction of sp³-hybridized carbons (Fsp3) is 0.538. The lowest BCUT2D eigenvalue weighted by molar-refractivity contribution is 0.0995. The van der Waals surface area contributed by atoms with Crippen molar-refractivity contribution in [1.82, 2.24) is 0 Å². The normalized spacial score (nSPS) is 27.9. The van der Waals surface area contributed by atoms with Gasteiger partial charge in [-0.1, -0.05) is 29.8 Å². The molecule has 2 nitrogen and oxygen atoms in total. The summed E-state index contributed by atoms with van der Waals surface area (Å²) < 4.78 is 5.55. The smallest absolute Gasteiger partial charge is 0.0594 e. The molecule has 0 bridgehead atoms. The molecule has 1 fully saturated rings. The van der Waals surface area contributed by atoms with Crippen molar-refractivity contribution in [3.63, 3.8) is 0 Å². The molecular formula is C13H19NO. The largest absolute Gasteiger partial charge is 0.378 e. The lowest BCUT2D eigenvalue weighted by atomic mass is 9.89. The second-order valence-corrected chi connectivity index (χ2v) is 4.46. The first-order valence-corrected chi connectivity index (χ1v) is 5.62. The van der Waals surface area contributed by atoms with E-state index in [0.29, 0.717) is 12.0 Å². The predicted octanol–water partition coefficient (Wildman–Crippen LogP) is 2.42. The van der Waals surface area contributed by atoms with Gasteiger partial charge in [-0.25, -0.2) is 0 Å². The minimum atomic E-state index is 0.114. The first-order valence-electron chi connectivity index (χ1n) is 5.62. The van der Waals surface area contributed by atoms with E-state index in [-0.39, 0.29) is 6.04 Å². The number of aryl methyl sites for hydroxylation is 1. The van der Waals surface area contributed by atoms with E-state index in [1.165, 1.54) is 11.1 Å². The van der Waals surface area contributed by atoms with Crippen LogP contribution in [0.25, 0.3) is 0 Å². The number of nitrogens with two attached hydrogens (primary N) is 1. The molecule has 82 valence electrons. The van der Waals surface area contributed by atoms with Crippen LogP contribution in [-0.2, 0) is 4.74 Å². The Morgan fingerprint density at radius 1 is 1.33 bits per heavy atom. The third kappa shape index (κ3) is 2.21. The molecule has 3 atom stereocenters. The molecule has 2 N–H and O–H groups in total. The van der Waals surface area contributed by atoms with E-state index < -0.39 is 0 Å². The summed E-state index contributed by atoms with van der Waals surface area (Å²) in [5.41, 5.74) is 8.77. The Labute approximate surface area is 91.4 Å². The van der Waals surface area contributed by atoms with Gasteiger partial charge in [0.25, 0.3) is 0 Å². The fourth-order valence-electron chi connectivity index (χ4n) is 2.26. The van der Waals surface area contributed by atoms with Crippen LogP contribution in [0.4, 0.5) is 0 Å². The van der Waals surface area contributed by atoms with Gasteiger partial charge in [-0.3, -0.25) is 0 Å². The molecule has 0 radical (unpaired) electrons. The monoisotopic (exact) mass is 205 g/mol. The van der Waals surface area contributed by atoms with Crippen LogP contribution in [0, 0.1) is 12.8 Å². The average molecular weight is 205 g/mol. The van der Waals surface area contributed by atoms with Crippen LogP contribution in [0.15, 0.2) is 24.3 Å². The zero-order chi connectivity index (χ0) is 10.8. The van der Waals surface area contributed by atoms with Crippen LogP contribution < -0.4 is 5.73 Å². The van der Waals surface area contributed by atoms with Gasteiger partial charge < -0.3 is 10.5 Å². The van der Waals surface area contributed by atoms with Crippen LogP contribution >= 0.6 is 0 Å². The van der Waals surface area contributed by atoms with Gasteiger partial charge in [0.1, 0.15) is 0 Å². The van der Waals surface area contributed by atoms with Crippen molar-refractivity contribution in [2.24, 2.45) is 11.7 Å². The second kappa shape index (κ2) is 4.33. The Bertz CT molecular complexity index is 320. The third-order valence-electron chi connectivity index (χ3n) is 3.36. The van der Waals surface area contributed by atoms with Crippen LogP contribution in [0.3, 0.4) is 0 Å². The van der Waals surface area contributed by atoms with Gasteiger partial charge in [0, 0.05) is 18.6 Å². The number of rotatable bonds is 2. The molecule has 0 amide bonds. The van der Waals surface area contributed by atoms with Crippen molar-refractivity contribution in [3.05, 3.63) is 35.4 Å². The highest BCUT2D eigenvalue weighted by molar-refractivity contribution is 5.24. The van der Waals surface area contributed by atoms with Gasteiger partial charge in [0.2, 0.25) is 0 Å². The minimum Gasteiger partial charge on any atom is -0.378 e. The Balaban J connectivity index is 2.13. The third-order valence-corrected chi connectivity index (χ3v) is 3.36. The van der Waals surface area contributed by atoms with Gasteiger partial charge in [0.05, 0.1) is 6.10 Å². The number of hydrogen-bond acceptors (Lipinski definition) is 2. The molecule has 1 saturated heterocycles. The summed E-state index contributed by atoms with van der Waals surface area (Å²) in [6.45, 7) is 5.06. The van der Waals surface area contributed by atoms with Crippen LogP contribution in [0.5, 0.6) is 0 Å². The Hall–Kier alpha value is -0.860. The van der Waals surface area contributed by atoms with E-state index in [1.54, 1.807) is 0 Å². The summed E-state index contributed by atoms with van der Waals surface area (Å²) in [7, 11) is 0. The van der Waals surface area contributed by atoms with Crippen molar-refractivity contribution < 1.29 is 4.74 Å². The first-order chi connectivity index (χ1) is 7.18. The van der Waals surface area contributed by atoms with Gasteiger partial charge >= 0.3 is 0 Å². The zero-order valence-electron chi connectivity index (χ0n) is 9.44. The molecule has 1 heterocycles. The number of hydrogen-bond donors (Lipinski definition) is 1. The quantitative estimate of drug-likeness (QED) is 0.804. The van der Waals surface area contributed by atoms with Gasteiger partial charge in [-0.05, 0) is 25.8 Å². The Morgan fingerprint density at radius 2 is 2.00 bits per heavy atom. The molecule has 0 aromatic heterocycles. The molecular weight excluding hydrogens is 186 g/mol. The molecule has 1 aliphatic rings. The van der Waals surface area contributed by atoms with E-state index in [4.69, 9.17) is 10.5 Å². The molecule has 0 saturated carbocycles. The standard InChI is InChI=1S/C13H19NO/c1-9-3-5-11(6-4-9)13(14)12-7-8-15-10(12)2/h3-6,10,12-13H,7-8,14H2,1-2H3. The van der Waals surface area contributed by atoms with Crippen LogP contribution in [0.2, 0.25) is 0 Å². The van der Waals surface area contributed by atoms with Gasteiger partial charge in [-0.15, -0.1) is 0 Å². The maximum absolute atomic E-state index is 6.26. The van der Waals surface area contributed by atoms with Crippen molar-refractivity contribution in [3.8, 4) is 0 Å². The van der Waals surface area contributed by atoms with Gasteiger partial charge in [0.15, 0.2) is 0 Å². The molecule has 2 heteroatoms. The molecule has 2 rings (SSSR count). The van der Waals surface area contributed by atoms with E-state index in [0.717, 1.165) is 13.0 Å². The summed E-state index contributed by atoms with van der Waals surface area (Å²) in [6.07, 6.45) is 1.37. The van der Waals surface area contributed by atoms with Crippen LogP contribution in [0.1, 0.15) is 30.5 Å². The van der Waals surface area contributed by atoms with E-state index in [9.17, 15) is 0 Å².